The maximum Gasteiger partial charge on any atom is 0.319 e. The second-order valence-electron chi connectivity index (χ2n) is 4.00. The number of esters is 1. The van der Waals surface area contributed by atoms with Crippen LogP contribution in [0, 0.1) is 5.41 Å². The summed E-state index contributed by atoms with van der Waals surface area (Å²) in [5.41, 5.74) is 0.0574. The number of carbonyl (C=O) groups is 1. The van der Waals surface area contributed by atoms with Gasteiger partial charge in [0.1, 0.15) is 0 Å². The zero-order valence-electron chi connectivity index (χ0n) is 8.44. The molecule has 0 amide bonds. The van der Waals surface area contributed by atoms with Gasteiger partial charge in [-0.25, -0.2) is 0 Å². The van der Waals surface area contributed by atoms with E-state index in [2.05, 4.69) is 5.32 Å². The summed E-state index contributed by atoms with van der Waals surface area (Å²) in [6, 6.07) is 0. The van der Waals surface area contributed by atoms with E-state index in [-0.39, 0.29) is 11.4 Å². The van der Waals surface area contributed by atoms with Gasteiger partial charge in [0.2, 0.25) is 0 Å². The van der Waals surface area contributed by atoms with Gasteiger partial charge in [0.05, 0.1) is 13.2 Å². The third-order valence-corrected chi connectivity index (χ3v) is 1.19. The molecule has 0 saturated heterocycles. The van der Waals surface area contributed by atoms with Crippen LogP contribution in [0.1, 0.15) is 27.7 Å². The van der Waals surface area contributed by atoms with Crippen LogP contribution in [0.15, 0.2) is 0 Å². The van der Waals surface area contributed by atoms with Gasteiger partial charge in [-0.05, 0) is 12.0 Å². The van der Waals surface area contributed by atoms with E-state index in [9.17, 15) is 4.79 Å². The van der Waals surface area contributed by atoms with E-state index in [0.29, 0.717) is 13.2 Å². The van der Waals surface area contributed by atoms with Crippen molar-refractivity contribution in [1.82, 2.24) is 5.32 Å². The number of rotatable bonds is 4. The Bertz CT molecular complexity index is 138. The summed E-state index contributed by atoms with van der Waals surface area (Å²) < 4.78 is 5.01. The molecule has 0 heterocycles. The smallest absolute Gasteiger partial charge is 0.319 e. The Morgan fingerprint density at radius 3 is 2.42 bits per heavy atom. The van der Waals surface area contributed by atoms with Crippen LogP contribution in [0.2, 0.25) is 0 Å². The molecule has 0 spiro atoms. The zero-order chi connectivity index (χ0) is 9.61. The highest BCUT2D eigenvalue weighted by molar-refractivity contribution is 5.71. The Morgan fingerprint density at radius 1 is 1.42 bits per heavy atom. The third kappa shape index (κ3) is 7.54. The summed E-state index contributed by atoms with van der Waals surface area (Å²) in [5.74, 6) is -0.174. The Hall–Kier alpha value is -0.570. The minimum Gasteiger partial charge on any atom is -0.464 e. The summed E-state index contributed by atoms with van der Waals surface area (Å²) in [7, 11) is 0. The van der Waals surface area contributed by atoms with Crippen LogP contribution in [0.4, 0.5) is 0 Å². The maximum atomic E-state index is 11.0. The van der Waals surface area contributed by atoms with Gasteiger partial charge in [0, 0.05) is 0 Å². The molecule has 0 unspecified atom stereocenters. The topological polar surface area (TPSA) is 38.3 Å². The highest BCUT2D eigenvalue weighted by Gasteiger charge is 2.12. The first kappa shape index (κ1) is 11.4. The highest BCUT2D eigenvalue weighted by atomic mass is 16.5. The van der Waals surface area contributed by atoms with Crippen molar-refractivity contribution in [3.8, 4) is 0 Å². The van der Waals surface area contributed by atoms with Crippen molar-refractivity contribution < 1.29 is 9.53 Å². The third-order valence-electron chi connectivity index (χ3n) is 1.19. The fourth-order valence-corrected chi connectivity index (χ4v) is 0.575. The van der Waals surface area contributed by atoms with Crippen molar-refractivity contribution in [1.29, 1.82) is 0 Å². The lowest BCUT2D eigenvalue weighted by atomic mass is 9.99. The average molecular weight is 173 g/mol. The fourth-order valence-electron chi connectivity index (χ4n) is 0.575. The second kappa shape index (κ2) is 5.14. The van der Waals surface area contributed by atoms with E-state index in [4.69, 9.17) is 4.74 Å². The Kier molecular flexibility index (Phi) is 4.90. The minimum absolute atomic E-state index is 0.0574. The number of nitrogens with one attached hydrogen (secondary N) is 1. The summed E-state index contributed by atoms with van der Waals surface area (Å²) >= 11 is 0. The largest absolute Gasteiger partial charge is 0.464 e. The van der Waals surface area contributed by atoms with Crippen molar-refractivity contribution in [3.05, 3.63) is 0 Å². The molecule has 0 atom stereocenters. The standard InChI is InChI=1S/C9H19NO2/c1-5-10-6-8(11)12-7-9(2,3)4/h10H,5-7H2,1-4H3. The van der Waals surface area contributed by atoms with E-state index < -0.39 is 0 Å². The van der Waals surface area contributed by atoms with Gasteiger partial charge >= 0.3 is 5.97 Å². The van der Waals surface area contributed by atoms with Crippen LogP contribution in [-0.2, 0) is 9.53 Å². The lowest BCUT2D eigenvalue weighted by molar-refractivity contribution is -0.145. The molecular formula is C9H19NO2. The molecule has 0 bridgehead atoms. The molecule has 0 rings (SSSR count). The first-order valence-corrected chi connectivity index (χ1v) is 4.32. The molecule has 3 heteroatoms. The molecular weight excluding hydrogens is 154 g/mol. The predicted octanol–water partition coefficient (Wildman–Crippen LogP) is 1.19. The number of hydrogen-bond donors (Lipinski definition) is 1. The molecule has 3 nitrogen and oxygen atoms in total. The van der Waals surface area contributed by atoms with E-state index in [0.717, 1.165) is 6.54 Å². The number of ether oxygens (including phenoxy) is 1. The second-order valence-corrected chi connectivity index (χ2v) is 4.00. The zero-order valence-corrected chi connectivity index (χ0v) is 8.44. The summed E-state index contributed by atoms with van der Waals surface area (Å²) in [6.45, 7) is 9.65. The molecule has 0 aliphatic rings. The highest BCUT2D eigenvalue weighted by Crippen LogP contribution is 2.12. The lowest BCUT2D eigenvalue weighted by Crippen LogP contribution is -2.27. The first-order chi connectivity index (χ1) is 5.45. The molecule has 0 aromatic carbocycles. The van der Waals surface area contributed by atoms with Gasteiger partial charge in [-0.3, -0.25) is 4.79 Å². The Labute approximate surface area is 74.5 Å². The molecule has 0 aromatic rings. The lowest BCUT2D eigenvalue weighted by Gasteiger charge is -2.17. The molecule has 0 aliphatic heterocycles. The van der Waals surface area contributed by atoms with Crippen LogP contribution in [-0.4, -0.2) is 25.7 Å². The van der Waals surface area contributed by atoms with Gasteiger partial charge in [0.25, 0.3) is 0 Å². The number of hydrogen-bond acceptors (Lipinski definition) is 3. The molecule has 0 fully saturated rings. The minimum atomic E-state index is -0.174. The monoisotopic (exact) mass is 173 g/mol. The molecule has 0 radical (unpaired) electrons. The fraction of sp³-hybridized carbons (Fsp3) is 0.889. The number of carbonyl (C=O) groups excluding carboxylic acids is 1. The van der Waals surface area contributed by atoms with Gasteiger partial charge in [-0.1, -0.05) is 27.7 Å². The van der Waals surface area contributed by atoms with Crippen molar-refractivity contribution in [2.24, 2.45) is 5.41 Å². The summed E-state index contributed by atoms with van der Waals surface area (Å²) in [4.78, 5) is 11.0. The van der Waals surface area contributed by atoms with Crippen LogP contribution >= 0.6 is 0 Å². The van der Waals surface area contributed by atoms with E-state index in [1.165, 1.54) is 0 Å². The number of likely N-dealkylation sites (N-methyl/N-ethyl adjacent to an activating group) is 1. The quantitative estimate of drug-likeness (QED) is 0.649. The molecule has 0 aromatic heterocycles. The summed E-state index contributed by atoms with van der Waals surface area (Å²) in [5, 5.41) is 2.91. The van der Waals surface area contributed by atoms with Crippen LogP contribution in [0.25, 0.3) is 0 Å². The van der Waals surface area contributed by atoms with Crippen LogP contribution in [0.5, 0.6) is 0 Å². The summed E-state index contributed by atoms with van der Waals surface area (Å²) in [6.07, 6.45) is 0. The van der Waals surface area contributed by atoms with Crippen LogP contribution < -0.4 is 5.32 Å². The first-order valence-electron chi connectivity index (χ1n) is 4.32. The molecule has 0 saturated carbocycles. The van der Waals surface area contributed by atoms with Gasteiger partial charge in [-0.15, -0.1) is 0 Å². The average Bonchev–Trinajstić information content (AvgIpc) is 1.95. The Morgan fingerprint density at radius 2 is 2.00 bits per heavy atom. The normalized spacial score (nSPS) is 11.3. The van der Waals surface area contributed by atoms with Crippen molar-refractivity contribution in [2.45, 2.75) is 27.7 Å². The van der Waals surface area contributed by atoms with Crippen LogP contribution in [0.3, 0.4) is 0 Å². The Balaban J connectivity index is 3.44. The van der Waals surface area contributed by atoms with Crippen molar-refractivity contribution in [3.63, 3.8) is 0 Å². The van der Waals surface area contributed by atoms with E-state index in [1.54, 1.807) is 0 Å². The van der Waals surface area contributed by atoms with Gasteiger partial charge in [-0.2, -0.15) is 0 Å². The van der Waals surface area contributed by atoms with Gasteiger partial charge in [0.15, 0.2) is 0 Å². The SMILES string of the molecule is CCNCC(=O)OCC(C)(C)C. The molecule has 72 valence electrons. The maximum absolute atomic E-state index is 11.0. The van der Waals surface area contributed by atoms with Gasteiger partial charge < -0.3 is 10.1 Å². The molecule has 12 heavy (non-hydrogen) atoms. The molecule has 0 aliphatic carbocycles. The van der Waals surface area contributed by atoms with E-state index >= 15 is 0 Å². The van der Waals surface area contributed by atoms with Crippen molar-refractivity contribution in [2.75, 3.05) is 19.7 Å². The predicted molar refractivity (Wildman–Crippen MR) is 49.0 cm³/mol. The molecule has 1 N–H and O–H groups in total. The van der Waals surface area contributed by atoms with E-state index in [1.807, 2.05) is 27.7 Å². The van der Waals surface area contributed by atoms with Crippen molar-refractivity contribution >= 4 is 5.97 Å².